The van der Waals surface area contributed by atoms with Crippen LogP contribution in [0.25, 0.3) is 0 Å². The number of esters is 1. The maximum Gasteiger partial charge on any atom is 0.331 e. The van der Waals surface area contributed by atoms with Gasteiger partial charge in [-0.3, -0.25) is 0 Å². The molecule has 0 atom stereocenters. The number of benzene rings is 1. The van der Waals surface area contributed by atoms with Crippen molar-refractivity contribution in [3.63, 3.8) is 0 Å². The predicted octanol–water partition coefficient (Wildman–Crippen LogP) is 2.48. The van der Waals surface area contributed by atoms with Gasteiger partial charge in [-0.1, -0.05) is 30.3 Å². The maximum atomic E-state index is 10.9. The van der Waals surface area contributed by atoms with E-state index < -0.39 is 11.9 Å². The fourth-order valence-electron chi connectivity index (χ4n) is 1.12. The summed E-state index contributed by atoms with van der Waals surface area (Å²) in [5.41, 5.74) is 0.856. The molecule has 0 spiro atoms. The van der Waals surface area contributed by atoms with E-state index in [-0.39, 0.29) is 6.61 Å². The van der Waals surface area contributed by atoms with E-state index in [2.05, 4.69) is 6.92 Å². The summed E-state index contributed by atoms with van der Waals surface area (Å²) in [5, 5.41) is 8.25. The first-order valence-electron chi connectivity index (χ1n) is 6.41. The summed E-state index contributed by atoms with van der Waals surface area (Å²) in [5.74, 6) is -1.84. The number of carboxylic acid groups (broad SMARTS) is 1. The summed E-state index contributed by atoms with van der Waals surface area (Å²) in [7, 11) is 0. The molecule has 1 rings (SSSR count). The van der Waals surface area contributed by atoms with Crippen molar-refractivity contribution in [2.24, 2.45) is 0 Å². The maximum absolute atomic E-state index is 10.9. The van der Waals surface area contributed by atoms with Crippen LogP contribution in [0.15, 0.2) is 42.5 Å². The molecule has 1 aromatic carbocycles. The van der Waals surface area contributed by atoms with Gasteiger partial charge in [-0.05, 0) is 5.56 Å². The third-order valence-electron chi connectivity index (χ3n) is 2.14. The molecule has 0 fully saturated rings. The molecule has 5 heteroatoms. The van der Waals surface area contributed by atoms with Gasteiger partial charge in [0.05, 0.1) is 0 Å². The summed E-state index contributed by atoms with van der Waals surface area (Å²) >= 11 is 1.45. The Bertz CT molecular complexity index is 413. The minimum Gasteiger partial charge on any atom is -0.478 e. The largest absolute Gasteiger partial charge is 0.478 e. The smallest absolute Gasteiger partial charge is 0.331 e. The molecule has 0 aliphatic rings. The normalized spacial score (nSPS) is 9.70. The van der Waals surface area contributed by atoms with E-state index in [1.165, 1.54) is 39.8 Å². The van der Waals surface area contributed by atoms with Crippen LogP contribution in [0.1, 0.15) is 25.3 Å². The average Bonchev–Trinajstić information content (AvgIpc) is 2.45. The molecule has 0 saturated carbocycles. The van der Waals surface area contributed by atoms with Crippen LogP contribution in [0.3, 0.4) is 0 Å². The number of carbonyl (C=O) groups is 2. The van der Waals surface area contributed by atoms with Gasteiger partial charge in [0.1, 0.15) is 6.61 Å². The van der Waals surface area contributed by atoms with Gasteiger partial charge >= 0.3 is 58.7 Å². The van der Waals surface area contributed by atoms with Gasteiger partial charge in [0, 0.05) is 12.2 Å². The fraction of sp³-hybridized carbons (Fsp3) is 0.333. The van der Waals surface area contributed by atoms with Gasteiger partial charge in [0.2, 0.25) is 0 Å². The van der Waals surface area contributed by atoms with Crippen molar-refractivity contribution in [3.05, 3.63) is 48.0 Å². The Morgan fingerprint density at radius 2 is 1.90 bits per heavy atom. The summed E-state index contributed by atoms with van der Waals surface area (Å²) in [6.45, 7) is 2.38. The van der Waals surface area contributed by atoms with Gasteiger partial charge in [-0.2, -0.15) is 0 Å². The van der Waals surface area contributed by atoms with Crippen molar-refractivity contribution in [3.8, 4) is 0 Å². The number of hydrogen-bond donors (Lipinski definition) is 1. The second-order valence-corrected chi connectivity index (χ2v) is 5.55. The molecular formula is C15H20O4Sn. The van der Waals surface area contributed by atoms with Crippen molar-refractivity contribution >= 4 is 34.5 Å². The minimum atomic E-state index is -1.17. The Kier molecular flexibility index (Phi) is 11.9. The van der Waals surface area contributed by atoms with E-state index in [4.69, 9.17) is 9.84 Å². The van der Waals surface area contributed by atoms with E-state index >= 15 is 0 Å². The second-order valence-electron chi connectivity index (χ2n) is 3.91. The van der Waals surface area contributed by atoms with E-state index in [1.54, 1.807) is 0 Å². The molecule has 0 unspecified atom stereocenters. The molecule has 0 heterocycles. The van der Waals surface area contributed by atoms with E-state index in [1.807, 2.05) is 30.3 Å². The van der Waals surface area contributed by atoms with Crippen LogP contribution in [0.4, 0.5) is 0 Å². The monoisotopic (exact) mass is 384 g/mol. The number of hydrogen-bond acceptors (Lipinski definition) is 3. The zero-order chi connectivity index (χ0) is 15.2. The Morgan fingerprint density at radius 3 is 2.35 bits per heavy atom. The standard InChI is InChI=1S/C11H10O4.C4H9.Sn.H/c12-10(13)6-7-11(14)15-8-9-4-2-1-3-5-9;1-3-4-2;;/h1-7H,8H2,(H,12,13);1,3-4H2,2H3;;/b7-6-;;;. The van der Waals surface area contributed by atoms with Gasteiger partial charge in [-0.25, -0.2) is 9.59 Å². The molecule has 0 aromatic heterocycles. The van der Waals surface area contributed by atoms with Crippen LogP contribution in [-0.2, 0) is 20.9 Å². The van der Waals surface area contributed by atoms with Crippen molar-refractivity contribution in [2.75, 3.05) is 0 Å². The van der Waals surface area contributed by atoms with Crippen LogP contribution in [-0.4, -0.2) is 39.6 Å². The number of unbranched alkanes of at least 4 members (excludes halogenated alkanes) is 1. The average molecular weight is 383 g/mol. The summed E-state index contributed by atoms with van der Waals surface area (Å²) in [6.07, 6.45) is 4.45. The van der Waals surface area contributed by atoms with Crippen LogP contribution < -0.4 is 0 Å². The molecule has 20 heavy (non-hydrogen) atoms. The molecule has 1 N–H and O–H groups in total. The number of ether oxygens (including phenoxy) is 1. The van der Waals surface area contributed by atoms with Crippen molar-refractivity contribution in [1.29, 1.82) is 0 Å². The molecule has 108 valence electrons. The van der Waals surface area contributed by atoms with E-state index in [0.717, 1.165) is 17.7 Å². The van der Waals surface area contributed by atoms with Gasteiger partial charge in [0.15, 0.2) is 0 Å². The first kappa shape index (κ1) is 18.7. The number of rotatable bonds is 6. The van der Waals surface area contributed by atoms with E-state index in [0.29, 0.717) is 0 Å². The number of carbonyl (C=O) groups excluding carboxylic acids is 1. The van der Waals surface area contributed by atoms with Crippen LogP contribution in [0.5, 0.6) is 0 Å². The zero-order valence-corrected chi connectivity index (χ0v) is 14.9. The molecule has 2 radical (unpaired) electrons. The van der Waals surface area contributed by atoms with Gasteiger partial charge < -0.3 is 9.84 Å². The minimum absolute atomic E-state index is 0.142. The van der Waals surface area contributed by atoms with Crippen molar-refractivity contribution in [2.45, 2.75) is 30.8 Å². The molecular weight excluding hydrogens is 363 g/mol. The third kappa shape index (κ3) is 11.8. The van der Waals surface area contributed by atoms with E-state index in [9.17, 15) is 9.59 Å². The predicted molar refractivity (Wildman–Crippen MR) is 79.9 cm³/mol. The quantitative estimate of drug-likeness (QED) is 0.466. The summed E-state index contributed by atoms with van der Waals surface area (Å²) < 4.78 is 6.26. The Labute approximate surface area is 132 Å². The first-order chi connectivity index (χ1) is 9.60. The molecule has 0 amide bonds. The molecule has 1 aromatic rings. The molecule has 4 nitrogen and oxygen atoms in total. The topological polar surface area (TPSA) is 63.6 Å². The molecule has 0 bridgehead atoms. The zero-order valence-electron chi connectivity index (χ0n) is 11.6. The van der Waals surface area contributed by atoms with Crippen LogP contribution in [0.2, 0.25) is 4.44 Å². The summed E-state index contributed by atoms with van der Waals surface area (Å²) in [6, 6.07) is 9.14. The Hall–Kier alpha value is -1.30. The second kappa shape index (κ2) is 12.7. The first-order valence-corrected chi connectivity index (χ1v) is 8.75. The van der Waals surface area contributed by atoms with Crippen LogP contribution in [0, 0.1) is 0 Å². The Morgan fingerprint density at radius 1 is 1.25 bits per heavy atom. The third-order valence-corrected chi connectivity index (χ3v) is 3.31. The van der Waals surface area contributed by atoms with Crippen molar-refractivity contribution < 1.29 is 19.4 Å². The van der Waals surface area contributed by atoms with Gasteiger partial charge in [0.25, 0.3) is 0 Å². The number of aliphatic carboxylic acids is 1. The van der Waals surface area contributed by atoms with Crippen LogP contribution >= 0.6 is 0 Å². The summed E-state index contributed by atoms with van der Waals surface area (Å²) in [4.78, 5) is 21.0. The van der Waals surface area contributed by atoms with Crippen molar-refractivity contribution in [1.82, 2.24) is 0 Å². The SMILES string of the molecule is CCC[CH2][SnH].O=C(O)/C=C\C(=O)OCc1ccccc1. The van der Waals surface area contributed by atoms with Gasteiger partial charge in [-0.15, -0.1) is 0 Å². The Balaban J connectivity index is 0.000000621. The molecule has 0 aliphatic carbocycles. The number of carboxylic acids is 1. The fourth-order valence-corrected chi connectivity index (χ4v) is 2.29. The molecule has 0 aliphatic heterocycles. The molecule has 0 saturated heterocycles.